The zero-order valence-electron chi connectivity index (χ0n) is 8.58. The third-order valence-electron chi connectivity index (χ3n) is 1.83. The maximum atomic E-state index is 12.2. The Balaban J connectivity index is 3.07. The second kappa shape index (κ2) is 5.67. The van der Waals surface area contributed by atoms with Crippen molar-refractivity contribution in [3.63, 3.8) is 0 Å². The normalized spacial score (nSPS) is 13.5. The number of alkyl halides is 4. The van der Waals surface area contributed by atoms with E-state index in [0.29, 0.717) is 4.90 Å². The predicted octanol–water partition coefficient (Wildman–Crippen LogP) is 4.55. The van der Waals surface area contributed by atoms with Crippen molar-refractivity contribution in [3.05, 3.63) is 23.8 Å². The minimum Gasteiger partial charge on any atom is -0.293 e. The van der Waals surface area contributed by atoms with Crippen molar-refractivity contribution in [1.29, 1.82) is 0 Å². The molecule has 94 valence electrons. The fourth-order valence-electron chi connectivity index (χ4n) is 1.12. The van der Waals surface area contributed by atoms with Gasteiger partial charge in [0.2, 0.25) is 0 Å². The molecule has 1 aromatic carbocycles. The van der Waals surface area contributed by atoms with Gasteiger partial charge in [0.1, 0.15) is 0 Å². The number of Topliss-reactive ketones (excluding diaryl/α,β-unsaturated/α-hetero) is 1. The smallest absolute Gasteiger partial charge is 0.293 e. The lowest BCUT2D eigenvalue weighted by Gasteiger charge is -2.10. The standard InChI is InChI=1S/C10H8BrF3OS2/c1-5(11)9(15)7-4-6(2-3-8(7)16)17-10(12,13)14/h2-5,16H,1H3. The van der Waals surface area contributed by atoms with Gasteiger partial charge in [0.25, 0.3) is 0 Å². The number of thioether (sulfide) groups is 1. The van der Waals surface area contributed by atoms with E-state index < -0.39 is 10.3 Å². The molecule has 0 aliphatic carbocycles. The zero-order valence-corrected chi connectivity index (χ0v) is 11.9. The van der Waals surface area contributed by atoms with Crippen molar-refractivity contribution in [2.75, 3.05) is 0 Å². The summed E-state index contributed by atoms with van der Waals surface area (Å²) in [6.07, 6.45) is 0. The summed E-state index contributed by atoms with van der Waals surface area (Å²) in [5.74, 6) is -0.292. The first-order valence-electron chi connectivity index (χ1n) is 4.48. The van der Waals surface area contributed by atoms with E-state index in [4.69, 9.17) is 0 Å². The van der Waals surface area contributed by atoms with Gasteiger partial charge in [-0.1, -0.05) is 15.9 Å². The molecule has 1 aromatic rings. The number of thiol groups is 1. The van der Waals surface area contributed by atoms with Crippen molar-refractivity contribution in [2.24, 2.45) is 0 Å². The number of ketones is 1. The van der Waals surface area contributed by atoms with Crippen LogP contribution in [-0.4, -0.2) is 16.1 Å². The molecule has 0 bridgehead atoms. The van der Waals surface area contributed by atoms with Crippen LogP contribution in [0.5, 0.6) is 0 Å². The van der Waals surface area contributed by atoms with Gasteiger partial charge in [-0.25, -0.2) is 0 Å². The van der Waals surface area contributed by atoms with Crippen LogP contribution in [-0.2, 0) is 0 Å². The average Bonchev–Trinajstić information content (AvgIpc) is 2.17. The van der Waals surface area contributed by atoms with Crippen LogP contribution in [0.4, 0.5) is 13.2 Å². The van der Waals surface area contributed by atoms with Crippen LogP contribution < -0.4 is 0 Å². The fraction of sp³-hybridized carbons (Fsp3) is 0.300. The second-order valence-electron chi connectivity index (χ2n) is 3.21. The van der Waals surface area contributed by atoms with Crippen molar-refractivity contribution in [3.8, 4) is 0 Å². The van der Waals surface area contributed by atoms with Gasteiger partial charge in [-0.15, -0.1) is 12.6 Å². The van der Waals surface area contributed by atoms with Crippen molar-refractivity contribution in [2.45, 2.75) is 27.1 Å². The molecule has 17 heavy (non-hydrogen) atoms. The summed E-state index contributed by atoms with van der Waals surface area (Å²) in [6, 6.07) is 3.89. The van der Waals surface area contributed by atoms with Gasteiger partial charge < -0.3 is 0 Å². The Hall–Kier alpha value is -0.140. The van der Waals surface area contributed by atoms with Crippen LogP contribution in [0.2, 0.25) is 0 Å². The first kappa shape index (κ1) is 14.9. The molecular formula is C10H8BrF3OS2. The monoisotopic (exact) mass is 344 g/mol. The maximum Gasteiger partial charge on any atom is 0.446 e. The number of carbonyl (C=O) groups is 1. The number of halogens is 4. The second-order valence-corrected chi connectivity index (χ2v) is 6.20. The molecule has 0 aliphatic heterocycles. The third-order valence-corrected chi connectivity index (χ3v) is 3.36. The van der Waals surface area contributed by atoms with Gasteiger partial charge in [-0.3, -0.25) is 4.79 Å². The summed E-state index contributed by atoms with van der Waals surface area (Å²) in [7, 11) is 0. The van der Waals surface area contributed by atoms with Crippen molar-refractivity contribution >= 4 is 46.1 Å². The number of rotatable bonds is 3. The Morgan fingerprint density at radius 3 is 2.53 bits per heavy atom. The quantitative estimate of drug-likeness (QED) is 0.375. The Bertz CT molecular complexity index is 432. The largest absolute Gasteiger partial charge is 0.446 e. The lowest BCUT2D eigenvalue weighted by Crippen LogP contribution is -2.11. The molecule has 0 radical (unpaired) electrons. The summed E-state index contributed by atoms with van der Waals surface area (Å²) in [6.45, 7) is 1.61. The minimum absolute atomic E-state index is 0.0215. The van der Waals surface area contributed by atoms with Gasteiger partial charge in [0.15, 0.2) is 5.78 Å². The summed E-state index contributed by atoms with van der Waals surface area (Å²) >= 11 is 6.89. The van der Waals surface area contributed by atoms with Gasteiger partial charge in [0, 0.05) is 15.4 Å². The van der Waals surface area contributed by atoms with Crippen LogP contribution in [0.15, 0.2) is 28.0 Å². The van der Waals surface area contributed by atoms with E-state index in [1.807, 2.05) is 0 Å². The van der Waals surface area contributed by atoms with E-state index in [2.05, 4.69) is 28.6 Å². The Labute approximate surface area is 115 Å². The van der Waals surface area contributed by atoms with Gasteiger partial charge in [0.05, 0.1) is 4.83 Å². The molecule has 0 amide bonds. The first-order chi connectivity index (χ1) is 7.70. The Morgan fingerprint density at radius 2 is 2.06 bits per heavy atom. The highest BCUT2D eigenvalue weighted by Crippen LogP contribution is 2.38. The molecule has 0 saturated heterocycles. The van der Waals surface area contributed by atoms with E-state index in [9.17, 15) is 18.0 Å². The van der Waals surface area contributed by atoms with Crippen molar-refractivity contribution < 1.29 is 18.0 Å². The molecular weight excluding hydrogens is 337 g/mol. The fourth-order valence-corrected chi connectivity index (χ4v) is 2.20. The molecule has 0 N–H and O–H groups in total. The Morgan fingerprint density at radius 1 is 1.47 bits per heavy atom. The molecule has 1 atom stereocenters. The topological polar surface area (TPSA) is 17.1 Å². The molecule has 1 nitrogen and oxygen atoms in total. The van der Waals surface area contributed by atoms with E-state index in [1.54, 1.807) is 6.92 Å². The predicted molar refractivity (Wildman–Crippen MR) is 68.3 cm³/mol. The summed E-state index contributed by atoms with van der Waals surface area (Å²) in [5, 5.41) is 0. The molecule has 0 saturated carbocycles. The molecule has 7 heteroatoms. The number of carbonyl (C=O) groups excluding carboxylic acids is 1. The number of benzene rings is 1. The van der Waals surface area contributed by atoms with Crippen LogP contribution in [0.3, 0.4) is 0 Å². The number of hydrogen-bond acceptors (Lipinski definition) is 3. The molecule has 0 aromatic heterocycles. The van der Waals surface area contributed by atoms with Crippen LogP contribution in [0.25, 0.3) is 0 Å². The summed E-state index contributed by atoms with van der Waals surface area (Å²) in [5.41, 5.74) is -4.18. The minimum atomic E-state index is -4.36. The van der Waals surface area contributed by atoms with Gasteiger partial charge >= 0.3 is 5.51 Å². The molecule has 0 heterocycles. The molecule has 1 unspecified atom stereocenters. The number of hydrogen-bond donors (Lipinski definition) is 1. The summed E-state index contributed by atoms with van der Waals surface area (Å²) < 4.78 is 36.5. The Kier molecular flexibility index (Phi) is 4.97. The highest BCUT2D eigenvalue weighted by Gasteiger charge is 2.29. The molecule has 0 spiro atoms. The zero-order chi connectivity index (χ0) is 13.2. The van der Waals surface area contributed by atoms with E-state index >= 15 is 0 Å². The third kappa shape index (κ3) is 4.56. The van der Waals surface area contributed by atoms with E-state index in [1.165, 1.54) is 18.2 Å². The van der Waals surface area contributed by atoms with Gasteiger partial charge in [-0.05, 0) is 36.9 Å². The molecule has 1 rings (SSSR count). The van der Waals surface area contributed by atoms with E-state index in [-0.39, 0.29) is 28.0 Å². The molecule has 0 aliphatic rings. The van der Waals surface area contributed by atoms with E-state index in [0.717, 1.165) is 0 Å². The first-order valence-corrected chi connectivity index (χ1v) is 6.65. The summed E-state index contributed by atoms with van der Waals surface area (Å²) in [4.78, 5) is 11.6. The lowest BCUT2D eigenvalue weighted by molar-refractivity contribution is -0.0328. The maximum absolute atomic E-state index is 12.2. The average molecular weight is 345 g/mol. The SMILES string of the molecule is CC(Br)C(=O)c1cc(SC(F)(F)F)ccc1S. The highest BCUT2D eigenvalue weighted by molar-refractivity contribution is 9.10. The molecule has 0 fully saturated rings. The van der Waals surface area contributed by atoms with Crippen LogP contribution in [0.1, 0.15) is 17.3 Å². The van der Waals surface area contributed by atoms with Gasteiger partial charge in [-0.2, -0.15) is 13.2 Å². The van der Waals surface area contributed by atoms with Crippen molar-refractivity contribution in [1.82, 2.24) is 0 Å². The van der Waals surface area contributed by atoms with Crippen LogP contribution in [0, 0.1) is 0 Å². The highest BCUT2D eigenvalue weighted by atomic mass is 79.9. The van der Waals surface area contributed by atoms with Crippen LogP contribution >= 0.6 is 40.3 Å². The lowest BCUT2D eigenvalue weighted by atomic mass is 10.1.